The van der Waals surface area contributed by atoms with Gasteiger partial charge in [-0.1, -0.05) is 62.4 Å². The van der Waals surface area contributed by atoms with Gasteiger partial charge in [0.05, 0.1) is 12.3 Å². The number of hydrogen-bond donors (Lipinski definition) is 0. The van der Waals surface area contributed by atoms with Crippen molar-refractivity contribution in [2.45, 2.75) is 33.3 Å². The molecule has 1 unspecified atom stereocenters. The maximum Gasteiger partial charge on any atom is 0.313 e. The molecular weight excluding hydrogens is 304 g/mol. The number of benzene rings is 2. The Labute approximate surface area is 142 Å². The minimum atomic E-state index is -0.362. The summed E-state index contributed by atoms with van der Waals surface area (Å²) in [4.78, 5) is 24.0. The molecule has 0 aliphatic carbocycles. The molecule has 0 fully saturated rings. The van der Waals surface area contributed by atoms with Crippen LogP contribution in [0.1, 0.15) is 38.0 Å². The fourth-order valence-corrected chi connectivity index (χ4v) is 2.16. The van der Waals surface area contributed by atoms with Crippen molar-refractivity contribution in [3.05, 3.63) is 65.7 Å². The number of carbonyl (C=O) groups excluding carboxylic acids is 2. The predicted molar refractivity (Wildman–Crippen MR) is 91.6 cm³/mol. The van der Waals surface area contributed by atoms with Gasteiger partial charge >= 0.3 is 11.9 Å². The summed E-state index contributed by atoms with van der Waals surface area (Å²) in [5.74, 6) is -0.517. The molecule has 0 saturated heterocycles. The second-order valence-electron chi connectivity index (χ2n) is 5.90. The van der Waals surface area contributed by atoms with E-state index >= 15 is 0 Å². The van der Waals surface area contributed by atoms with Crippen LogP contribution in [0.25, 0.3) is 0 Å². The van der Waals surface area contributed by atoms with Crippen LogP contribution in [0.5, 0.6) is 5.75 Å². The molecule has 4 heteroatoms. The minimum absolute atomic E-state index is 0.0543. The van der Waals surface area contributed by atoms with Gasteiger partial charge < -0.3 is 9.47 Å². The maximum atomic E-state index is 12.2. The van der Waals surface area contributed by atoms with E-state index in [0.717, 1.165) is 5.56 Å². The van der Waals surface area contributed by atoms with E-state index in [2.05, 4.69) is 0 Å². The second-order valence-corrected chi connectivity index (χ2v) is 5.90. The van der Waals surface area contributed by atoms with Gasteiger partial charge in [-0.05, 0) is 18.6 Å². The summed E-state index contributed by atoms with van der Waals surface area (Å²) in [5, 5.41) is 0. The standard InChI is InChI=1S/C20H22O4/c1-14(2)20(22)24-18-12-8-7-11-17(18)13-19(21)23-15(3)16-9-5-4-6-10-16/h4-12,14-15H,13H2,1-3H3. The van der Waals surface area contributed by atoms with Crippen LogP contribution in [0.3, 0.4) is 0 Å². The van der Waals surface area contributed by atoms with E-state index in [0.29, 0.717) is 11.3 Å². The third-order valence-electron chi connectivity index (χ3n) is 3.57. The fourth-order valence-electron chi connectivity index (χ4n) is 2.16. The lowest BCUT2D eigenvalue weighted by Gasteiger charge is -2.15. The number of carbonyl (C=O) groups is 2. The molecule has 0 saturated carbocycles. The van der Waals surface area contributed by atoms with Gasteiger partial charge in [-0.25, -0.2) is 0 Å². The number of esters is 2. The molecule has 126 valence electrons. The number of para-hydroxylation sites is 1. The van der Waals surface area contributed by atoms with Crippen LogP contribution in [0.4, 0.5) is 0 Å². The molecule has 0 heterocycles. The summed E-state index contributed by atoms with van der Waals surface area (Å²) in [6.45, 7) is 5.36. The van der Waals surface area contributed by atoms with Crippen LogP contribution < -0.4 is 4.74 Å². The molecule has 0 aliphatic rings. The Bertz CT molecular complexity index is 692. The van der Waals surface area contributed by atoms with Gasteiger partial charge in [0.1, 0.15) is 11.9 Å². The highest BCUT2D eigenvalue weighted by Crippen LogP contribution is 2.22. The molecule has 1 atom stereocenters. The van der Waals surface area contributed by atoms with Gasteiger partial charge in [-0.2, -0.15) is 0 Å². The van der Waals surface area contributed by atoms with E-state index in [9.17, 15) is 9.59 Å². The Kier molecular flexibility index (Phi) is 6.13. The summed E-state index contributed by atoms with van der Waals surface area (Å²) in [7, 11) is 0. The first-order valence-corrected chi connectivity index (χ1v) is 8.01. The molecule has 0 spiro atoms. The Morgan fingerprint density at radius 1 is 0.917 bits per heavy atom. The summed E-state index contributed by atoms with van der Waals surface area (Å²) >= 11 is 0. The lowest BCUT2D eigenvalue weighted by atomic mass is 10.1. The normalized spacial score (nSPS) is 11.8. The Balaban J connectivity index is 2.02. The molecule has 0 amide bonds. The van der Waals surface area contributed by atoms with E-state index in [-0.39, 0.29) is 30.4 Å². The van der Waals surface area contributed by atoms with E-state index in [1.54, 1.807) is 38.1 Å². The average molecular weight is 326 g/mol. The molecule has 2 rings (SSSR count). The largest absolute Gasteiger partial charge is 0.458 e. The Morgan fingerprint density at radius 3 is 2.21 bits per heavy atom. The zero-order valence-electron chi connectivity index (χ0n) is 14.2. The molecule has 2 aromatic rings. The molecule has 2 aromatic carbocycles. The van der Waals surface area contributed by atoms with Crippen molar-refractivity contribution in [1.29, 1.82) is 0 Å². The Morgan fingerprint density at radius 2 is 1.54 bits per heavy atom. The minimum Gasteiger partial charge on any atom is -0.458 e. The van der Waals surface area contributed by atoms with Crippen LogP contribution in [0.2, 0.25) is 0 Å². The lowest BCUT2D eigenvalue weighted by Crippen LogP contribution is -2.17. The quantitative estimate of drug-likeness (QED) is 0.592. The lowest BCUT2D eigenvalue weighted by molar-refractivity contribution is -0.148. The van der Waals surface area contributed by atoms with Crippen molar-refractivity contribution < 1.29 is 19.1 Å². The zero-order valence-corrected chi connectivity index (χ0v) is 14.2. The summed E-state index contributed by atoms with van der Waals surface area (Å²) in [6, 6.07) is 16.6. The molecule has 0 bridgehead atoms. The highest BCUT2D eigenvalue weighted by atomic mass is 16.5. The van der Waals surface area contributed by atoms with Gasteiger partial charge in [-0.15, -0.1) is 0 Å². The van der Waals surface area contributed by atoms with Gasteiger partial charge in [-0.3, -0.25) is 9.59 Å². The van der Waals surface area contributed by atoms with E-state index in [1.165, 1.54) is 0 Å². The zero-order chi connectivity index (χ0) is 17.5. The topological polar surface area (TPSA) is 52.6 Å². The molecule has 0 aromatic heterocycles. The number of rotatable bonds is 6. The van der Waals surface area contributed by atoms with Crippen molar-refractivity contribution in [3.8, 4) is 5.75 Å². The monoisotopic (exact) mass is 326 g/mol. The summed E-state index contributed by atoms with van der Waals surface area (Å²) in [5.41, 5.74) is 1.57. The van der Waals surface area contributed by atoms with Crippen LogP contribution in [-0.2, 0) is 20.7 Å². The number of hydrogen-bond acceptors (Lipinski definition) is 4. The van der Waals surface area contributed by atoms with Crippen molar-refractivity contribution in [3.63, 3.8) is 0 Å². The first-order valence-electron chi connectivity index (χ1n) is 8.01. The average Bonchev–Trinajstić information content (AvgIpc) is 2.57. The third kappa shape index (κ3) is 4.95. The third-order valence-corrected chi connectivity index (χ3v) is 3.57. The van der Waals surface area contributed by atoms with Gasteiger partial charge in [0.2, 0.25) is 0 Å². The first kappa shape index (κ1) is 17.7. The number of ether oxygens (including phenoxy) is 2. The molecule has 24 heavy (non-hydrogen) atoms. The highest BCUT2D eigenvalue weighted by molar-refractivity contribution is 5.77. The van der Waals surface area contributed by atoms with Crippen molar-refractivity contribution in [1.82, 2.24) is 0 Å². The van der Waals surface area contributed by atoms with Gasteiger partial charge in [0.15, 0.2) is 0 Å². The molecular formula is C20H22O4. The molecule has 0 radical (unpaired) electrons. The predicted octanol–water partition coefficient (Wildman–Crippen LogP) is 4.09. The van der Waals surface area contributed by atoms with Gasteiger partial charge in [0.25, 0.3) is 0 Å². The SMILES string of the molecule is CC(C)C(=O)Oc1ccccc1CC(=O)OC(C)c1ccccc1. The van der Waals surface area contributed by atoms with E-state index in [1.807, 2.05) is 37.3 Å². The molecule has 0 aliphatic heterocycles. The first-order chi connectivity index (χ1) is 11.5. The van der Waals surface area contributed by atoms with Gasteiger partial charge in [0, 0.05) is 5.56 Å². The summed E-state index contributed by atoms with van der Waals surface area (Å²) < 4.78 is 10.8. The fraction of sp³-hybridized carbons (Fsp3) is 0.300. The van der Waals surface area contributed by atoms with Crippen molar-refractivity contribution in [2.75, 3.05) is 0 Å². The van der Waals surface area contributed by atoms with Crippen LogP contribution in [0, 0.1) is 5.92 Å². The van der Waals surface area contributed by atoms with Crippen LogP contribution >= 0.6 is 0 Å². The maximum absolute atomic E-state index is 12.2. The van der Waals surface area contributed by atoms with Crippen molar-refractivity contribution >= 4 is 11.9 Å². The highest BCUT2D eigenvalue weighted by Gasteiger charge is 2.17. The smallest absolute Gasteiger partial charge is 0.313 e. The van der Waals surface area contributed by atoms with E-state index < -0.39 is 0 Å². The van der Waals surface area contributed by atoms with Crippen LogP contribution in [-0.4, -0.2) is 11.9 Å². The summed E-state index contributed by atoms with van der Waals surface area (Å²) in [6.07, 6.45) is -0.275. The second kappa shape index (κ2) is 8.29. The molecule has 0 N–H and O–H groups in total. The van der Waals surface area contributed by atoms with Crippen molar-refractivity contribution in [2.24, 2.45) is 5.92 Å². The molecule has 4 nitrogen and oxygen atoms in total. The van der Waals surface area contributed by atoms with E-state index in [4.69, 9.17) is 9.47 Å². The van der Waals surface area contributed by atoms with Crippen LogP contribution in [0.15, 0.2) is 54.6 Å². The Hall–Kier alpha value is -2.62.